The van der Waals surface area contributed by atoms with Crippen LogP contribution in [0.4, 0.5) is 0 Å². The zero-order valence-electron chi connectivity index (χ0n) is 6.61. The highest BCUT2D eigenvalue weighted by Gasteiger charge is 2.02. The van der Waals surface area contributed by atoms with Gasteiger partial charge in [0, 0.05) is 12.7 Å². The molecule has 6 heteroatoms. The number of aromatic nitrogens is 2. The van der Waals surface area contributed by atoms with Gasteiger partial charge in [0.1, 0.15) is 4.47 Å². The molecule has 0 fully saturated rings. The Morgan fingerprint density at radius 1 is 1.69 bits per heavy atom. The fourth-order valence-corrected chi connectivity index (χ4v) is 1.15. The Morgan fingerprint density at radius 3 is 3.00 bits per heavy atom. The Kier molecular flexibility index (Phi) is 3.18. The zero-order chi connectivity index (χ0) is 9.84. The molecule has 0 unspecified atom stereocenters. The summed E-state index contributed by atoms with van der Waals surface area (Å²) >= 11 is 3.01. The third-order valence-electron chi connectivity index (χ3n) is 1.43. The number of aliphatic carboxylic acids is 1. The van der Waals surface area contributed by atoms with Crippen LogP contribution in [-0.2, 0) is 11.3 Å². The van der Waals surface area contributed by atoms with E-state index in [9.17, 15) is 9.59 Å². The van der Waals surface area contributed by atoms with Gasteiger partial charge in [0.25, 0.3) is 5.56 Å². The fraction of sp³-hybridized carbons (Fsp3) is 0.286. The molecule has 13 heavy (non-hydrogen) atoms. The maximum absolute atomic E-state index is 11.3. The van der Waals surface area contributed by atoms with Crippen LogP contribution in [0, 0.1) is 0 Å². The molecule has 1 aromatic heterocycles. The number of carboxylic acid groups (broad SMARTS) is 1. The molecule has 0 radical (unpaired) electrons. The van der Waals surface area contributed by atoms with Gasteiger partial charge in [0.05, 0.1) is 12.7 Å². The highest BCUT2D eigenvalue weighted by atomic mass is 79.9. The average molecular weight is 247 g/mol. The first-order valence-electron chi connectivity index (χ1n) is 3.53. The molecule has 1 rings (SSSR count). The van der Waals surface area contributed by atoms with Gasteiger partial charge in [-0.25, -0.2) is 4.98 Å². The van der Waals surface area contributed by atoms with Gasteiger partial charge in [-0.1, -0.05) is 0 Å². The number of rotatable bonds is 3. The summed E-state index contributed by atoms with van der Waals surface area (Å²) in [7, 11) is 0. The quantitative estimate of drug-likeness (QED) is 0.843. The Morgan fingerprint density at radius 2 is 2.38 bits per heavy atom. The number of hydrogen-bond acceptors (Lipinski definition) is 3. The lowest BCUT2D eigenvalue weighted by molar-refractivity contribution is -0.137. The molecule has 1 heterocycles. The van der Waals surface area contributed by atoms with Crippen molar-refractivity contribution in [2.75, 3.05) is 0 Å². The molecule has 5 nitrogen and oxygen atoms in total. The van der Waals surface area contributed by atoms with Gasteiger partial charge in [-0.3, -0.25) is 14.2 Å². The van der Waals surface area contributed by atoms with Gasteiger partial charge in [0.15, 0.2) is 0 Å². The number of halogens is 1. The van der Waals surface area contributed by atoms with Crippen molar-refractivity contribution in [2.24, 2.45) is 0 Å². The molecule has 1 aromatic rings. The third-order valence-corrected chi connectivity index (χ3v) is 1.97. The van der Waals surface area contributed by atoms with Crippen LogP contribution in [-0.4, -0.2) is 20.6 Å². The molecule has 0 aromatic carbocycles. The number of nitrogens with zero attached hydrogens (tertiary/aromatic N) is 2. The molecular formula is C7H7BrN2O3. The van der Waals surface area contributed by atoms with E-state index in [1.807, 2.05) is 0 Å². The van der Waals surface area contributed by atoms with Crippen molar-refractivity contribution in [1.82, 2.24) is 9.55 Å². The van der Waals surface area contributed by atoms with E-state index in [4.69, 9.17) is 5.11 Å². The smallest absolute Gasteiger partial charge is 0.305 e. The van der Waals surface area contributed by atoms with Gasteiger partial charge in [-0.15, -0.1) is 0 Å². The van der Waals surface area contributed by atoms with Crippen LogP contribution in [0.25, 0.3) is 0 Å². The maximum Gasteiger partial charge on any atom is 0.305 e. The summed E-state index contributed by atoms with van der Waals surface area (Å²) < 4.78 is 1.58. The summed E-state index contributed by atoms with van der Waals surface area (Å²) in [5.41, 5.74) is -0.267. The lowest BCUT2D eigenvalue weighted by Crippen LogP contribution is -2.21. The number of aryl methyl sites for hydroxylation is 1. The van der Waals surface area contributed by atoms with Gasteiger partial charge in [0.2, 0.25) is 0 Å². The highest BCUT2D eigenvalue weighted by molar-refractivity contribution is 9.10. The van der Waals surface area contributed by atoms with Crippen molar-refractivity contribution in [3.05, 3.63) is 27.4 Å². The second-order valence-corrected chi connectivity index (χ2v) is 3.24. The van der Waals surface area contributed by atoms with E-state index in [1.54, 1.807) is 0 Å². The van der Waals surface area contributed by atoms with Gasteiger partial charge >= 0.3 is 5.97 Å². The maximum atomic E-state index is 11.3. The van der Waals surface area contributed by atoms with E-state index < -0.39 is 5.97 Å². The van der Waals surface area contributed by atoms with Crippen LogP contribution < -0.4 is 5.56 Å². The van der Waals surface area contributed by atoms with Crippen molar-refractivity contribution >= 4 is 21.9 Å². The third kappa shape index (κ3) is 2.66. The molecule has 0 aliphatic heterocycles. The Hall–Kier alpha value is -1.17. The zero-order valence-corrected chi connectivity index (χ0v) is 8.19. The summed E-state index contributed by atoms with van der Waals surface area (Å²) in [6.07, 6.45) is 2.60. The molecule has 0 spiro atoms. The molecule has 70 valence electrons. The lowest BCUT2D eigenvalue weighted by atomic mass is 10.4. The first-order valence-corrected chi connectivity index (χ1v) is 4.32. The Labute approximate surface area is 82.2 Å². The minimum Gasteiger partial charge on any atom is -0.481 e. The lowest BCUT2D eigenvalue weighted by Gasteiger charge is -2.01. The van der Waals surface area contributed by atoms with Crippen LogP contribution in [0.3, 0.4) is 0 Å². The fourth-order valence-electron chi connectivity index (χ4n) is 0.799. The first kappa shape index (κ1) is 9.91. The molecule has 1 N–H and O–H groups in total. The monoisotopic (exact) mass is 246 g/mol. The summed E-state index contributed by atoms with van der Waals surface area (Å²) in [5, 5.41) is 8.39. The van der Waals surface area contributed by atoms with Crippen molar-refractivity contribution in [3.63, 3.8) is 0 Å². The summed E-state index contributed by atoms with van der Waals surface area (Å²) in [6, 6.07) is 0. The van der Waals surface area contributed by atoms with Crippen LogP contribution >= 0.6 is 15.9 Å². The normalized spacial score (nSPS) is 9.92. The first-order chi connectivity index (χ1) is 6.11. The van der Waals surface area contributed by atoms with Crippen LogP contribution in [0.5, 0.6) is 0 Å². The van der Waals surface area contributed by atoms with Crippen molar-refractivity contribution in [2.45, 2.75) is 13.0 Å². The van der Waals surface area contributed by atoms with E-state index >= 15 is 0 Å². The molecule has 0 saturated heterocycles. The van der Waals surface area contributed by atoms with Crippen LogP contribution in [0.15, 0.2) is 21.8 Å². The Bertz CT molecular complexity index is 374. The summed E-state index contributed by atoms with van der Waals surface area (Å²) in [5.74, 6) is -0.938. The molecular weight excluding hydrogens is 240 g/mol. The largest absolute Gasteiger partial charge is 0.481 e. The summed E-state index contributed by atoms with van der Waals surface area (Å²) in [6.45, 7) is 0.139. The average Bonchev–Trinajstić information content (AvgIpc) is 2.07. The van der Waals surface area contributed by atoms with Gasteiger partial charge in [-0.05, 0) is 15.9 Å². The SMILES string of the molecule is O=C(O)CCn1cncc(Br)c1=O. The van der Waals surface area contributed by atoms with E-state index in [2.05, 4.69) is 20.9 Å². The minimum absolute atomic E-state index is 0.0853. The standard InChI is InChI=1S/C7H7BrN2O3/c8-5-3-9-4-10(7(5)13)2-1-6(11)12/h3-4H,1-2H2,(H,11,12). The minimum atomic E-state index is -0.938. The molecule has 0 aliphatic rings. The highest BCUT2D eigenvalue weighted by Crippen LogP contribution is 1.98. The predicted octanol–water partition coefficient (Wildman–Crippen LogP) is 0.481. The van der Waals surface area contributed by atoms with E-state index in [0.717, 1.165) is 0 Å². The number of carboxylic acids is 1. The van der Waals surface area contributed by atoms with Crippen molar-refractivity contribution in [3.8, 4) is 0 Å². The second-order valence-electron chi connectivity index (χ2n) is 2.38. The van der Waals surface area contributed by atoms with Crippen molar-refractivity contribution < 1.29 is 9.90 Å². The number of hydrogen-bond donors (Lipinski definition) is 1. The van der Waals surface area contributed by atoms with Crippen LogP contribution in [0.2, 0.25) is 0 Å². The second kappa shape index (κ2) is 4.18. The van der Waals surface area contributed by atoms with E-state index in [-0.39, 0.29) is 18.5 Å². The number of carbonyl (C=O) groups is 1. The molecule has 0 aliphatic carbocycles. The van der Waals surface area contributed by atoms with Gasteiger partial charge < -0.3 is 5.11 Å². The topological polar surface area (TPSA) is 72.2 Å². The molecule has 0 saturated carbocycles. The van der Waals surface area contributed by atoms with Gasteiger partial charge in [-0.2, -0.15) is 0 Å². The molecule has 0 bridgehead atoms. The Balaban J connectivity index is 2.84. The van der Waals surface area contributed by atoms with E-state index in [0.29, 0.717) is 4.47 Å². The molecule has 0 amide bonds. The van der Waals surface area contributed by atoms with Crippen LogP contribution in [0.1, 0.15) is 6.42 Å². The molecule has 0 atom stereocenters. The van der Waals surface area contributed by atoms with E-state index in [1.165, 1.54) is 17.1 Å². The van der Waals surface area contributed by atoms with Crippen molar-refractivity contribution in [1.29, 1.82) is 0 Å². The predicted molar refractivity (Wildman–Crippen MR) is 48.4 cm³/mol. The summed E-state index contributed by atoms with van der Waals surface area (Å²) in [4.78, 5) is 25.2.